The fourth-order valence-electron chi connectivity index (χ4n) is 3.55. The minimum Gasteiger partial charge on any atom is -0.494 e. The van der Waals surface area contributed by atoms with Gasteiger partial charge in [0.15, 0.2) is 0 Å². The first-order chi connectivity index (χ1) is 14.0. The number of amides is 1. The van der Waals surface area contributed by atoms with E-state index in [-0.39, 0.29) is 11.9 Å². The summed E-state index contributed by atoms with van der Waals surface area (Å²) in [5, 5.41) is 16.3. The predicted molar refractivity (Wildman–Crippen MR) is 111 cm³/mol. The molecule has 144 valence electrons. The Balaban J connectivity index is 1.78. The minimum atomic E-state index is -0.371. The van der Waals surface area contributed by atoms with E-state index in [0.717, 1.165) is 22.2 Å². The monoisotopic (exact) mass is 404 g/mol. The highest BCUT2D eigenvalue weighted by atomic mass is 35.5. The number of fused-ring (bicyclic) bond motifs is 1. The topological polar surface area (TPSA) is 78.6 Å². The quantitative estimate of drug-likeness (QED) is 0.603. The summed E-state index contributed by atoms with van der Waals surface area (Å²) >= 11 is 6.52. The Labute approximate surface area is 173 Å². The first-order valence-corrected chi connectivity index (χ1v) is 9.40. The summed E-state index contributed by atoms with van der Waals surface area (Å²) in [5.74, 6) is 0.444. The van der Waals surface area contributed by atoms with Crippen molar-refractivity contribution in [3.63, 3.8) is 0 Å². The molecule has 0 N–H and O–H groups in total. The molecule has 29 heavy (non-hydrogen) atoms. The van der Waals surface area contributed by atoms with Gasteiger partial charge in [0.05, 0.1) is 30.5 Å². The van der Waals surface area contributed by atoms with E-state index in [2.05, 4.69) is 16.2 Å². The molecule has 7 heteroatoms. The molecule has 0 spiro atoms. The molecule has 0 aliphatic carbocycles. The van der Waals surface area contributed by atoms with Gasteiger partial charge in [-0.3, -0.25) is 4.79 Å². The lowest BCUT2D eigenvalue weighted by molar-refractivity contribution is -0.130. The molecule has 1 atom stereocenters. The molecule has 0 radical (unpaired) electrons. The number of nitrogens with zero attached hydrogens (tertiary/aromatic N) is 4. The number of hydrogen-bond acceptors (Lipinski definition) is 5. The second-order valence-corrected chi connectivity index (χ2v) is 7.08. The normalized spacial score (nSPS) is 15.9. The maximum Gasteiger partial charge on any atom is 0.240 e. The lowest BCUT2D eigenvalue weighted by Crippen LogP contribution is -2.24. The van der Waals surface area contributed by atoms with Gasteiger partial charge in [-0.2, -0.15) is 10.4 Å². The summed E-state index contributed by atoms with van der Waals surface area (Å²) in [6, 6.07) is 16.5. The summed E-state index contributed by atoms with van der Waals surface area (Å²) in [4.78, 5) is 16.8. The van der Waals surface area contributed by atoms with Crippen LogP contribution < -0.4 is 4.74 Å². The molecule has 1 aliphatic rings. The van der Waals surface area contributed by atoms with Crippen molar-refractivity contribution >= 4 is 34.1 Å². The standard InChI is InChI=1S/C22H17ClN4O2/c1-13(28)27-19(11-18(26-27)15-6-3-5-14(9-15)12-24)17-10-16-7-4-8-20(29-2)21(16)25-22(17)23/h3-10,19H,11H2,1-2H3/t19-/m1/s1. The molecule has 6 nitrogen and oxygen atoms in total. The Bertz CT molecular complexity index is 1200. The Kier molecular flexibility index (Phi) is 4.91. The zero-order valence-corrected chi connectivity index (χ0v) is 16.6. The maximum atomic E-state index is 12.3. The lowest BCUT2D eigenvalue weighted by Gasteiger charge is -2.21. The number of nitriles is 1. The number of aromatic nitrogens is 1. The molecule has 1 amide bonds. The van der Waals surface area contributed by atoms with Crippen LogP contribution in [0.3, 0.4) is 0 Å². The molecule has 0 saturated heterocycles. The van der Waals surface area contributed by atoms with E-state index >= 15 is 0 Å². The zero-order chi connectivity index (χ0) is 20.5. The van der Waals surface area contributed by atoms with Crippen molar-refractivity contribution in [2.45, 2.75) is 19.4 Å². The summed E-state index contributed by atoms with van der Waals surface area (Å²) in [7, 11) is 1.59. The third kappa shape index (κ3) is 3.41. The molecule has 0 unspecified atom stereocenters. The van der Waals surface area contributed by atoms with Gasteiger partial charge in [-0.15, -0.1) is 0 Å². The summed E-state index contributed by atoms with van der Waals surface area (Å²) < 4.78 is 5.37. The van der Waals surface area contributed by atoms with E-state index in [1.54, 1.807) is 25.3 Å². The van der Waals surface area contributed by atoms with Crippen LogP contribution in [0.5, 0.6) is 5.75 Å². The average Bonchev–Trinajstić information content (AvgIpc) is 3.18. The van der Waals surface area contributed by atoms with E-state index in [1.165, 1.54) is 11.9 Å². The third-order valence-electron chi connectivity index (χ3n) is 4.93. The van der Waals surface area contributed by atoms with Crippen LogP contribution in [0, 0.1) is 11.3 Å². The number of hydrazone groups is 1. The number of halogens is 1. The number of benzene rings is 2. The molecule has 1 aliphatic heterocycles. The number of rotatable bonds is 3. The first kappa shape index (κ1) is 18.9. The Morgan fingerprint density at radius 2 is 2.07 bits per heavy atom. The average molecular weight is 405 g/mol. The van der Waals surface area contributed by atoms with Crippen molar-refractivity contribution < 1.29 is 9.53 Å². The van der Waals surface area contributed by atoms with E-state index in [9.17, 15) is 4.79 Å². The highest BCUT2D eigenvalue weighted by Crippen LogP contribution is 2.38. The highest BCUT2D eigenvalue weighted by Gasteiger charge is 2.33. The van der Waals surface area contributed by atoms with Crippen molar-refractivity contribution in [2.75, 3.05) is 7.11 Å². The van der Waals surface area contributed by atoms with Gasteiger partial charge in [0.2, 0.25) is 5.91 Å². The van der Waals surface area contributed by atoms with Crippen LogP contribution >= 0.6 is 11.6 Å². The van der Waals surface area contributed by atoms with Crippen LogP contribution in [0.15, 0.2) is 53.6 Å². The van der Waals surface area contributed by atoms with E-state index in [4.69, 9.17) is 21.6 Å². The second kappa shape index (κ2) is 7.53. The van der Waals surface area contributed by atoms with Gasteiger partial charge in [-0.25, -0.2) is 9.99 Å². The number of methoxy groups -OCH3 is 1. The van der Waals surface area contributed by atoms with E-state index in [0.29, 0.717) is 28.4 Å². The van der Waals surface area contributed by atoms with Gasteiger partial charge in [-0.05, 0) is 29.8 Å². The smallest absolute Gasteiger partial charge is 0.240 e. The number of hydrogen-bond donors (Lipinski definition) is 0. The molecule has 2 aromatic carbocycles. The van der Waals surface area contributed by atoms with Gasteiger partial charge < -0.3 is 4.74 Å². The van der Waals surface area contributed by atoms with Gasteiger partial charge in [-0.1, -0.05) is 35.9 Å². The molecule has 0 fully saturated rings. The SMILES string of the molecule is COc1cccc2cc([C@H]3CC(c4cccc(C#N)c4)=NN3C(C)=O)c(Cl)nc12. The first-order valence-electron chi connectivity index (χ1n) is 9.02. The summed E-state index contributed by atoms with van der Waals surface area (Å²) in [6.07, 6.45) is 0.478. The van der Waals surface area contributed by atoms with Crippen LogP contribution in [0.4, 0.5) is 0 Å². The Morgan fingerprint density at radius 1 is 1.28 bits per heavy atom. The van der Waals surface area contributed by atoms with Gasteiger partial charge in [0.1, 0.15) is 16.4 Å². The van der Waals surface area contributed by atoms with Crippen molar-refractivity contribution in [3.05, 3.63) is 70.4 Å². The molecule has 1 aromatic heterocycles. The van der Waals surface area contributed by atoms with Crippen LogP contribution in [0.25, 0.3) is 10.9 Å². The Morgan fingerprint density at radius 3 is 2.79 bits per heavy atom. The third-order valence-corrected chi connectivity index (χ3v) is 5.23. The van der Waals surface area contributed by atoms with Crippen LogP contribution in [0.1, 0.15) is 36.1 Å². The van der Waals surface area contributed by atoms with Gasteiger partial charge in [0, 0.05) is 24.3 Å². The van der Waals surface area contributed by atoms with Crippen LogP contribution in [-0.2, 0) is 4.79 Å². The van der Waals surface area contributed by atoms with Gasteiger partial charge >= 0.3 is 0 Å². The van der Waals surface area contributed by atoms with Crippen molar-refractivity contribution in [3.8, 4) is 11.8 Å². The fourth-order valence-corrected chi connectivity index (χ4v) is 3.81. The van der Waals surface area contributed by atoms with Crippen molar-refractivity contribution in [2.24, 2.45) is 5.10 Å². The van der Waals surface area contributed by atoms with Crippen LogP contribution in [-0.4, -0.2) is 28.7 Å². The lowest BCUT2D eigenvalue weighted by atomic mass is 9.97. The molecule has 4 rings (SSSR count). The molecule has 2 heterocycles. The minimum absolute atomic E-state index is 0.191. The number of carbonyl (C=O) groups excluding carboxylic acids is 1. The molecular weight excluding hydrogens is 388 g/mol. The number of carbonyl (C=O) groups is 1. The summed E-state index contributed by atoms with van der Waals surface area (Å²) in [5.41, 5.74) is 3.46. The second-order valence-electron chi connectivity index (χ2n) is 6.72. The van der Waals surface area contributed by atoms with E-state index < -0.39 is 0 Å². The largest absolute Gasteiger partial charge is 0.494 e. The summed E-state index contributed by atoms with van der Waals surface area (Å²) in [6.45, 7) is 1.47. The highest BCUT2D eigenvalue weighted by molar-refractivity contribution is 6.30. The number of para-hydroxylation sites is 1. The maximum absolute atomic E-state index is 12.3. The van der Waals surface area contributed by atoms with Crippen molar-refractivity contribution in [1.29, 1.82) is 5.26 Å². The number of ether oxygens (including phenoxy) is 1. The number of pyridine rings is 1. The Hall–Kier alpha value is -3.43. The van der Waals surface area contributed by atoms with Crippen LogP contribution in [0.2, 0.25) is 5.15 Å². The van der Waals surface area contributed by atoms with Crippen molar-refractivity contribution in [1.82, 2.24) is 9.99 Å². The van der Waals surface area contributed by atoms with Gasteiger partial charge in [0.25, 0.3) is 0 Å². The fraction of sp³-hybridized carbons (Fsp3) is 0.182. The molecule has 0 bridgehead atoms. The zero-order valence-electron chi connectivity index (χ0n) is 15.9. The van der Waals surface area contributed by atoms with E-state index in [1.807, 2.05) is 30.3 Å². The molecule has 3 aromatic rings. The predicted octanol–water partition coefficient (Wildman–Crippen LogP) is 4.47. The molecule has 0 saturated carbocycles. The molecular formula is C22H17ClN4O2.